The zero-order chi connectivity index (χ0) is 6.97. The van der Waals surface area contributed by atoms with E-state index in [1.165, 1.54) is 0 Å². The summed E-state index contributed by atoms with van der Waals surface area (Å²) in [7, 11) is 0. The van der Waals surface area contributed by atoms with Crippen LogP contribution in [0.1, 0.15) is 11.3 Å². The molecule has 0 radical (unpaired) electrons. The SMILES string of the molecule is [O-][n+]1[nH]cc2c1CNCC2. The van der Waals surface area contributed by atoms with Gasteiger partial charge in [0.15, 0.2) is 0 Å². The maximum absolute atomic E-state index is 10.9. The molecular formula is C6H9N3O. The number of H-pyrrole nitrogens is 1. The lowest BCUT2D eigenvalue weighted by molar-refractivity contribution is -0.672. The molecule has 0 bridgehead atoms. The average molecular weight is 139 g/mol. The quantitative estimate of drug-likeness (QED) is 0.368. The fourth-order valence-corrected chi connectivity index (χ4v) is 1.26. The molecule has 1 aromatic heterocycles. The summed E-state index contributed by atoms with van der Waals surface area (Å²) in [6.45, 7) is 1.67. The van der Waals surface area contributed by atoms with Crippen LogP contribution in [0.4, 0.5) is 0 Å². The Bertz CT molecular complexity index is 243. The third-order valence-corrected chi connectivity index (χ3v) is 1.84. The van der Waals surface area contributed by atoms with Gasteiger partial charge in [-0.3, -0.25) is 0 Å². The van der Waals surface area contributed by atoms with E-state index in [0.29, 0.717) is 6.54 Å². The summed E-state index contributed by atoms with van der Waals surface area (Å²) in [6, 6.07) is 0. The first kappa shape index (κ1) is 5.73. The lowest BCUT2D eigenvalue weighted by Crippen LogP contribution is -2.37. The molecular weight excluding hydrogens is 130 g/mol. The molecule has 0 saturated carbocycles. The first-order chi connectivity index (χ1) is 4.88. The van der Waals surface area contributed by atoms with Gasteiger partial charge < -0.3 is 10.5 Å². The van der Waals surface area contributed by atoms with E-state index in [-0.39, 0.29) is 0 Å². The number of aromatic nitrogens is 2. The number of rotatable bonds is 0. The van der Waals surface area contributed by atoms with Gasteiger partial charge in [-0.15, -0.1) is 0 Å². The number of nitrogens with zero attached hydrogens (tertiary/aromatic N) is 1. The summed E-state index contributed by atoms with van der Waals surface area (Å²) in [6.07, 6.45) is 2.74. The minimum atomic E-state index is 0.697. The van der Waals surface area contributed by atoms with Crippen molar-refractivity contribution in [2.45, 2.75) is 13.0 Å². The van der Waals surface area contributed by atoms with Crippen LogP contribution >= 0.6 is 0 Å². The summed E-state index contributed by atoms with van der Waals surface area (Å²) >= 11 is 0. The van der Waals surface area contributed by atoms with Gasteiger partial charge in [-0.2, -0.15) is 5.10 Å². The van der Waals surface area contributed by atoms with Crippen molar-refractivity contribution in [2.24, 2.45) is 0 Å². The summed E-state index contributed by atoms with van der Waals surface area (Å²) in [5.74, 6) is 0. The van der Waals surface area contributed by atoms with Crippen LogP contribution in [0.25, 0.3) is 0 Å². The Morgan fingerprint density at radius 1 is 1.60 bits per heavy atom. The van der Waals surface area contributed by atoms with Crippen molar-refractivity contribution >= 4 is 0 Å². The third kappa shape index (κ3) is 0.690. The van der Waals surface area contributed by atoms with Crippen LogP contribution in [0.5, 0.6) is 0 Å². The summed E-state index contributed by atoms with van der Waals surface area (Å²) in [5, 5.41) is 16.6. The minimum Gasteiger partial charge on any atom is -0.596 e. The molecule has 0 amide bonds. The fourth-order valence-electron chi connectivity index (χ4n) is 1.26. The predicted molar refractivity (Wildman–Crippen MR) is 35.2 cm³/mol. The van der Waals surface area contributed by atoms with Crippen molar-refractivity contribution in [3.05, 3.63) is 22.7 Å². The van der Waals surface area contributed by atoms with E-state index in [4.69, 9.17) is 0 Å². The molecule has 2 N–H and O–H groups in total. The molecule has 0 saturated heterocycles. The van der Waals surface area contributed by atoms with Crippen LogP contribution in [0.15, 0.2) is 6.20 Å². The second kappa shape index (κ2) is 1.98. The van der Waals surface area contributed by atoms with Crippen molar-refractivity contribution in [1.82, 2.24) is 10.4 Å². The van der Waals surface area contributed by atoms with Gasteiger partial charge in [-0.1, -0.05) is 4.85 Å². The van der Waals surface area contributed by atoms with Gasteiger partial charge in [0, 0.05) is 12.1 Å². The maximum atomic E-state index is 10.9. The van der Waals surface area contributed by atoms with E-state index < -0.39 is 0 Å². The smallest absolute Gasteiger partial charge is 0.237 e. The number of hydrogen-bond donors (Lipinski definition) is 2. The number of nitrogens with one attached hydrogen (secondary N) is 2. The van der Waals surface area contributed by atoms with E-state index in [1.807, 2.05) is 0 Å². The first-order valence-electron chi connectivity index (χ1n) is 3.37. The van der Waals surface area contributed by atoms with Crippen LogP contribution in [0.2, 0.25) is 0 Å². The van der Waals surface area contributed by atoms with Crippen LogP contribution < -0.4 is 10.2 Å². The zero-order valence-corrected chi connectivity index (χ0v) is 5.55. The largest absolute Gasteiger partial charge is 0.596 e. The Labute approximate surface area is 58.4 Å². The third-order valence-electron chi connectivity index (χ3n) is 1.84. The molecule has 10 heavy (non-hydrogen) atoms. The molecule has 2 rings (SSSR count). The highest BCUT2D eigenvalue weighted by molar-refractivity contribution is 5.14. The number of fused-ring (bicyclic) bond motifs is 1. The molecule has 0 atom stereocenters. The Hall–Kier alpha value is -1.03. The van der Waals surface area contributed by atoms with Crippen molar-refractivity contribution in [2.75, 3.05) is 6.54 Å². The molecule has 2 heterocycles. The highest BCUT2D eigenvalue weighted by atomic mass is 16.5. The van der Waals surface area contributed by atoms with E-state index in [2.05, 4.69) is 10.4 Å². The summed E-state index contributed by atoms with van der Waals surface area (Å²) in [5.41, 5.74) is 1.99. The van der Waals surface area contributed by atoms with Gasteiger partial charge in [0.2, 0.25) is 5.69 Å². The lowest BCUT2D eigenvalue weighted by atomic mass is 10.1. The molecule has 1 aliphatic rings. The van der Waals surface area contributed by atoms with Crippen molar-refractivity contribution in [1.29, 1.82) is 0 Å². The lowest BCUT2D eigenvalue weighted by Gasteiger charge is -2.08. The molecule has 54 valence electrons. The Morgan fingerprint density at radius 3 is 3.30 bits per heavy atom. The Morgan fingerprint density at radius 2 is 2.50 bits per heavy atom. The summed E-state index contributed by atoms with van der Waals surface area (Å²) in [4.78, 5) is 0.821. The zero-order valence-electron chi connectivity index (χ0n) is 5.55. The van der Waals surface area contributed by atoms with E-state index >= 15 is 0 Å². The van der Waals surface area contributed by atoms with Crippen LogP contribution in [0, 0.1) is 5.21 Å². The first-order valence-corrected chi connectivity index (χ1v) is 3.37. The van der Waals surface area contributed by atoms with E-state index in [9.17, 15) is 5.21 Å². The van der Waals surface area contributed by atoms with E-state index in [0.717, 1.165) is 29.1 Å². The highest BCUT2D eigenvalue weighted by Gasteiger charge is 2.17. The Balaban J connectivity index is 2.45. The Kier molecular flexibility index (Phi) is 1.14. The second-order valence-electron chi connectivity index (χ2n) is 2.47. The minimum absolute atomic E-state index is 0.697. The molecule has 0 fully saturated rings. The molecule has 1 aliphatic heterocycles. The summed E-state index contributed by atoms with van der Waals surface area (Å²) < 4.78 is 0. The number of hydrogen-bond acceptors (Lipinski definition) is 2. The van der Waals surface area contributed by atoms with Gasteiger partial charge in [0.1, 0.15) is 0 Å². The second-order valence-corrected chi connectivity index (χ2v) is 2.47. The number of aromatic amines is 1. The van der Waals surface area contributed by atoms with Crippen molar-refractivity contribution < 1.29 is 4.85 Å². The van der Waals surface area contributed by atoms with Crippen LogP contribution in [0.3, 0.4) is 0 Å². The molecule has 4 heteroatoms. The molecule has 4 nitrogen and oxygen atoms in total. The van der Waals surface area contributed by atoms with E-state index in [1.54, 1.807) is 6.20 Å². The monoisotopic (exact) mass is 139 g/mol. The predicted octanol–water partition coefficient (Wildman–Crippen LogP) is -0.706. The van der Waals surface area contributed by atoms with Gasteiger partial charge in [0.05, 0.1) is 12.7 Å². The van der Waals surface area contributed by atoms with Crippen molar-refractivity contribution in [3.63, 3.8) is 0 Å². The average Bonchev–Trinajstić information content (AvgIpc) is 2.34. The van der Waals surface area contributed by atoms with Crippen molar-refractivity contribution in [3.8, 4) is 0 Å². The maximum Gasteiger partial charge on any atom is 0.237 e. The standard InChI is InChI=1S/C6H9N3O/c10-9-6-4-7-2-1-5(6)3-8-9/h3,7-8H,1-2,4H2. The molecule has 0 aliphatic carbocycles. The highest BCUT2D eigenvalue weighted by Crippen LogP contribution is 2.06. The van der Waals surface area contributed by atoms with Crippen LogP contribution in [-0.2, 0) is 13.0 Å². The molecule has 0 aromatic carbocycles. The fraction of sp³-hybridized carbons (Fsp3) is 0.500. The van der Waals surface area contributed by atoms with Gasteiger partial charge in [0.25, 0.3) is 0 Å². The topological polar surface area (TPSA) is 54.8 Å². The van der Waals surface area contributed by atoms with Gasteiger partial charge in [-0.25, -0.2) is 0 Å². The molecule has 1 aromatic rings. The molecule has 0 unspecified atom stereocenters. The van der Waals surface area contributed by atoms with Gasteiger partial charge >= 0.3 is 0 Å². The molecule has 0 spiro atoms. The van der Waals surface area contributed by atoms with Crippen LogP contribution in [-0.4, -0.2) is 11.6 Å². The normalized spacial score (nSPS) is 16.8. The van der Waals surface area contributed by atoms with Gasteiger partial charge in [-0.05, 0) is 6.42 Å².